The van der Waals surface area contributed by atoms with Gasteiger partial charge in [0.15, 0.2) is 5.57 Å². The van der Waals surface area contributed by atoms with E-state index < -0.39 is 17.7 Å². The number of carbonyl (C=O) groups is 2. The average molecular weight is 361 g/mol. The third-order valence-corrected chi connectivity index (χ3v) is 5.44. The van der Waals surface area contributed by atoms with Crippen LogP contribution in [0.1, 0.15) is 43.0 Å². The third kappa shape index (κ3) is 3.33. The molecule has 3 rings (SSSR count). The standard InChI is InChI=1S/C19H23NO4S/c1-19(2)23-17(21)15(18(22)24-19)16(25-5)12-7-6-11-8-9-14(20(3)4)13(11)10-12/h6-7,10,14H,8-9H2,1-5H3. The Balaban J connectivity index is 2.07. The molecule has 1 saturated heterocycles. The molecule has 6 heteroatoms. The average Bonchev–Trinajstić information content (AvgIpc) is 2.92. The van der Waals surface area contributed by atoms with E-state index in [0.29, 0.717) is 10.9 Å². The molecule has 0 aromatic heterocycles. The molecule has 1 unspecified atom stereocenters. The van der Waals surface area contributed by atoms with Crippen LogP contribution < -0.4 is 0 Å². The predicted octanol–water partition coefficient (Wildman–Crippen LogP) is 3.15. The van der Waals surface area contributed by atoms with Gasteiger partial charge in [-0.15, -0.1) is 11.8 Å². The molecule has 5 nitrogen and oxygen atoms in total. The van der Waals surface area contributed by atoms with E-state index in [0.717, 1.165) is 18.4 Å². The minimum absolute atomic E-state index is 0.0221. The summed E-state index contributed by atoms with van der Waals surface area (Å²) in [5.74, 6) is -2.49. The van der Waals surface area contributed by atoms with Gasteiger partial charge in [-0.25, -0.2) is 9.59 Å². The molecule has 1 aliphatic carbocycles. The van der Waals surface area contributed by atoms with Gasteiger partial charge < -0.3 is 14.4 Å². The van der Waals surface area contributed by atoms with Crippen LogP contribution >= 0.6 is 11.8 Å². The summed E-state index contributed by atoms with van der Waals surface area (Å²) in [7, 11) is 4.14. The maximum Gasteiger partial charge on any atom is 0.350 e. The third-order valence-electron chi connectivity index (χ3n) is 4.59. The molecule has 0 N–H and O–H groups in total. The molecule has 1 aromatic rings. The zero-order valence-electron chi connectivity index (χ0n) is 15.2. The number of rotatable bonds is 3. The second kappa shape index (κ2) is 6.50. The monoisotopic (exact) mass is 361 g/mol. The molecule has 0 saturated carbocycles. The second-order valence-corrected chi connectivity index (χ2v) is 7.84. The van der Waals surface area contributed by atoms with Crippen LogP contribution in [-0.4, -0.2) is 43.0 Å². The van der Waals surface area contributed by atoms with Gasteiger partial charge in [-0.2, -0.15) is 0 Å². The lowest BCUT2D eigenvalue weighted by molar-refractivity contribution is -0.222. The molecule has 1 atom stereocenters. The van der Waals surface area contributed by atoms with Crippen molar-refractivity contribution >= 4 is 28.6 Å². The summed E-state index contributed by atoms with van der Waals surface area (Å²) in [4.78, 5) is 27.6. The maximum absolute atomic E-state index is 12.4. The zero-order valence-corrected chi connectivity index (χ0v) is 16.0. The van der Waals surface area contributed by atoms with Crippen LogP contribution in [0.3, 0.4) is 0 Å². The van der Waals surface area contributed by atoms with Gasteiger partial charge in [-0.05, 0) is 55.9 Å². The first-order valence-corrected chi connectivity index (χ1v) is 9.50. The maximum atomic E-state index is 12.4. The minimum atomic E-state index is -1.23. The smallest absolute Gasteiger partial charge is 0.350 e. The number of thioether (sulfide) groups is 1. The van der Waals surface area contributed by atoms with Crippen LogP contribution in [0.5, 0.6) is 0 Å². The number of hydrogen-bond donors (Lipinski definition) is 0. The Labute approximate surface area is 152 Å². The van der Waals surface area contributed by atoms with Crippen molar-refractivity contribution < 1.29 is 19.1 Å². The number of fused-ring (bicyclic) bond motifs is 1. The van der Waals surface area contributed by atoms with E-state index in [-0.39, 0.29) is 5.57 Å². The normalized spacial score (nSPS) is 21.8. The van der Waals surface area contributed by atoms with E-state index in [1.807, 2.05) is 12.3 Å². The van der Waals surface area contributed by atoms with E-state index in [2.05, 4.69) is 31.1 Å². The predicted molar refractivity (Wildman–Crippen MR) is 97.9 cm³/mol. The van der Waals surface area contributed by atoms with Crippen LogP contribution in [0.15, 0.2) is 23.8 Å². The highest BCUT2D eigenvalue weighted by molar-refractivity contribution is 8.07. The first-order valence-electron chi connectivity index (χ1n) is 8.28. The van der Waals surface area contributed by atoms with Gasteiger partial charge in [-0.1, -0.05) is 12.1 Å². The van der Waals surface area contributed by atoms with Gasteiger partial charge in [-0.3, -0.25) is 0 Å². The SMILES string of the molecule is CSC(=C1C(=O)OC(C)(C)OC1=O)c1ccc2c(c1)C(N(C)C)CC2. The fourth-order valence-corrected chi connectivity index (χ4v) is 4.19. The molecule has 0 amide bonds. The molecule has 0 bridgehead atoms. The largest absolute Gasteiger partial charge is 0.419 e. The number of esters is 2. The highest BCUT2D eigenvalue weighted by Crippen LogP contribution is 2.39. The molecule has 0 radical (unpaired) electrons. The summed E-state index contributed by atoms with van der Waals surface area (Å²) >= 11 is 1.36. The van der Waals surface area contributed by atoms with E-state index in [9.17, 15) is 9.59 Å². The summed E-state index contributed by atoms with van der Waals surface area (Å²) in [6.07, 6.45) is 3.97. The number of cyclic esters (lactones) is 2. The van der Waals surface area contributed by atoms with Crippen LogP contribution in [0.2, 0.25) is 0 Å². The van der Waals surface area contributed by atoms with Crippen molar-refractivity contribution in [3.8, 4) is 0 Å². The van der Waals surface area contributed by atoms with Gasteiger partial charge in [0.25, 0.3) is 5.79 Å². The van der Waals surface area contributed by atoms with Gasteiger partial charge in [0.1, 0.15) is 0 Å². The first-order chi connectivity index (χ1) is 11.7. The van der Waals surface area contributed by atoms with Gasteiger partial charge in [0, 0.05) is 24.8 Å². The van der Waals surface area contributed by atoms with Crippen molar-refractivity contribution in [1.29, 1.82) is 0 Å². The molecule has 0 spiro atoms. The van der Waals surface area contributed by atoms with Crippen molar-refractivity contribution in [3.63, 3.8) is 0 Å². The van der Waals surface area contributed by atoms with Crippen molar-refractivity contribution in [2.45, 2.75) is 38.5 Å². The number of aryl methyl sites for hydroxylation is 1. The van der Waals surface area contributed by atoms with E-state index in [1.54, 1.807) is 13.8 Å². The highest BCUT2D eigenvalue weighted by Gasteiger charge is 2.41. The fraction of sp³-hybridized carbons (Fsp3) is 0.474. The molecule has 1 aromatic carbocycles. The lowest BCUT2D eigenvalue weighted by atomic mass is 10.0. The number of carbonyl (C=O) groups excluding carboxylic acids is 2. The van der Waals surface area contributed by atoms with Gasteiger partial charge in [0.2, 0.25) is 0 Å². The van der Waals surface area contributed by atoms with Crippen LogP contribution in [-0.2, 0) is 25.5 Å². The second-order valence-electron chi connectivity index (χ2n) is 7.02. The summed E-state index contributed by atoms with van der Waals surface area (Å²) in [6.45, 7) is 3.10. The van der Waals surface area contributed by atoms with Gasteiger partial charge >= 0.3 is 11.9 Å². The Morgan fingerprint density at radius 3 is 2.40 bits per heavy atom. The number of hydrogen-bond acceptors (Lipinski definition) is 6. The quantitative estimate of drug-likeness (QED) is 0.468. The van der Waals surface area contributed by atoms with Crippen molar-refractivity contribution in [2.24, 2.45) is 0 Å². The van der Waals surface area contributed by atoms with Crippen molar-refractivity contribution in [3.05, 3.63) is 40.5 Å². The molecule has 1 heterocycles. The molecule has 25 heavy (non-hydrogen) atoms. The Morgan fingerprint density at radius 2 is 1.84 bits per heavy atom. The van der Waals surface area contributed by atoms with E-state index >= 15 is 0 Å². The Bertz CT molecular complexity index is 745. The Morgan fingerprint density at radius 1 is 1.20 bits per heavy atom. The molecular formula is C19H23NO4S. The van der Waals surface area contributed by atoms with Crippen LogP contribution in [0.4, 0.5) is 0 Å². The zero-order chi connectivity index (χ0) is 18.4. The van der Waals surface area contributed by atoms with Crippen LogP contribution in [0, 0.1) is 0 Å². The molecule has 1 fully saturated rings. The Kier molecular flexibility index (Phi) is 4.68. The topological polar surface area (TPSA) is 55.8 Å². The van der Waals surface area contributed by atoms with Crippen LogP contribution in [0.25, 0.3) is 4.91 Å². The highest BCUT2D eigenvalue weighted by atomic mass is 32.2. The lowest BCUT2D eigenvalue weighted by Gasteiger charge is -2.30. The number of nitrogens with zero attached hydrogens (tertiary/aromatic N) is 1. The number of ether oxygens (including phenoxy) is 2. The lowest BCUT2D eigenvalue weighted by Crippen LogP contribution is -2.42. The molecule has 2 aliphatic rings. The minimum Gasteiger partial charge on any atom is -0.419 e. The first kappa shape index (κ1) is 18.0. The van der Waals surface area contributed by atoms with Crippen molar-refractivity contribution in [1.82, 2.24) is 4.90 Å². The molecular weight excluding hydrogens is 338 g/mol. The molecule has 1 aliphatic heterocycles. The van der Waals surface area contributed by atoms with E-state index in [1.165, 1.54) is 22.9 Å². The summed E-state index contributed by atoms with van der Waals surface area (Å²) in [5.41, 5.74) is 3.41. The van der Waals surface area contributed by atoms with Gasteiger partial charge in [0.05, 0.1) is 0 Å². The summed E-state index contributed by atoms with van der Waals surface area (Å²) < 4.78 is 10.5. The summed E-state index contributed by atoms with van der Waals surface area (Å²) in [6, 6.07) is 6.50. The Hall–Kier alpha value is -1.79. The number of benzene rings is 1. The van der Waals surface area contributed by atoms with E-state index in [4.69, 9.17) is 9.47 Å². The summed E-state index contributed by atoms with van der Waals surface area (Å²) in [5, 5.41) is 0. The van der Waals surface area contributed by atoms with Crippen molar-refractivity contribution in [2.75, 3.05) is 20.4 Å². The molecule has 134 valence electrons. The fourth-order valence-electron chi connectivity index (χ4n) is 3.46.